The molecule has 3 rings (SSSR count). The van der Waals surface area contributed by atoms with Crippen LogP contribution in [0.25, 0.3) is 0 Å². The number of ether oxygens (including phenoxy) is 2. The van der Waals surface area contributed by atoms with Crippen molar-refractivity contribution in [1.82, 2.24) is 5.32 Å². The van der Waals surface area contributed by atoms with Gasteiger partial charge in [0.1, 0.15) is 13.2 Å². The number of hydrogen-bond acceptors (Lipinski definition) is 4. The highest BCUT2D eigenvalue weighted by Crippen LogP contribution is 2.32. The van der Waals surface area contributed by atoms with Crippen molar-refractivity contribution < 1.29 is 14.3 Å². The Morgan fingerprint density at radius 3 is 2.75 bits per heavy atom. The maximum atomic E-state index is 12.1. The van der Waals surface area contributed by atoms with E-state index < -0.39 is 0 Å². The van der Waals surface area contributed by atoms with E-state index in [1.165, 1.54) is 0 Å². The molecule has 1 atom stereocenters. The number of anilines is 1. The lowest BCUT2D eigenvalue weighted by Crippen LogP contribution is -2.43. The number of halogens is 1. The largest absolute Gasteiger partial charge is 0.486 e. The van der Waals surface area contributed by atoms with Crippen LogP contribution in [-0.2, 0) is 4.79 Å². The van der Waals surface area contributed by atoms with Gasteiger partial charge in [-0.05, 0) is 31.5 Å². The molecule has 2 aliphatic heterocycles. The average Bonchev–Trinajstić information content (AvgIpc) is 2.48. The van der Waals surface area contributed by atoms with Gasteiger partial charge in [0, 0.05) is 11.8 Å². The van der Waals surface area contributed by atoms with Crippen molar-refractivity contribution in [2.75, 3.05) is 25.1 Å². The van der Waals surface area contributed by atoms with Crippen molar-refractivity contribution >= 4 is 24.0 Å². The zero-order chi connectivity index (χ0) is 13.1. The van der Waals surface area contributed by atoms with E-state index in [2.05, 4.69) is 10.6 Å². The smallest absolute Gasteiger partial charge is 0.241 e. The molecule has 1 fully saturated rings. The zero-order valence-electron chi connectivity index (χ0n) is 11.2. The SMILES string of the molecule is Cl.O=C(Nc1ccc2c(c1)OCCO2)C1CCCCN1. The maximum absolute atomic E-state index is 12.1. The second-order valence-electron chi connectivity index (χ2n) is 4.85. The molecule has 110 valence electrons. The first kappa shape index (κ1) is 14.9. The van der Waals surface area contributed by atoms with Crippen LogP contribution in [0.5, 0.6) is 11.5 Å². The molecular formula is C14H19ClN2O3. The summed E-state index contributed by atoms with van der Waals surface area (Å²) in [4.78, 5) is 12.1. The molecule has 1 amide bonds. The number of rotatable bonds is 2. The Hall–Kier alpha value is -1.46. The van der Waals surface area contributed by atoms with E-state index in [1.54, 1.807) is 0 Å². The molecule has 0 aromatic heterocycles. The van der Waals surface area contributed by atoms with Gasteiger partial charge in [-0.25, -0.2) is 0 Å². The van der Waals surface area contributed by atoms with Gasteiger partial charge in [0.25, 0.3) is 0 Å². The number of carbonyl (C=O) groups is 1. The Kier molecular flexibility index (Phi) is 5.09. The van der Waals surface area contributed by atoms with Crippen LogP contribution in [-0.4, -0.2) is 31.7 Å². The molecule has 2 N–H and O–H groups in total. The summed E-state index contributed by atoms with van der Waals surface area (Å²) in [5.41, 5.74) is 0.752. The van der Waals surface area contributed by atoms with Crippen LogP contribution in [0.4, 0.5) is 5.69 Å². The lowest BCUT2D eigenvalue weighted by atomic mass is 10.0. The van der Waals surface area contributed by atoms with Crippen LogP contribution in [0, 0.1) is 0 Å². The molecule has 1 saturated heterocycles. The Balaban J connectivity index is 0.00000147. The van der Waals surface area contributed by atoms with Crippen molar-refractivity contribution in [3.63, 3.8) is 0 Å². The Morgan fingerprint density at radius 2 is 2.00 bits per heavy atom. The van der Waals surface area contributed by atoms with Gasteiger partial charge in [0.2, 0.25) is 5.91 Å². The predicted molar refractivity (Wildman–Crippen MR) is 79.0 cm³/mol. The first-order valence-corrected chi connectivity index (χ1v) is 6.77. The van der Waals surface area contributed by atoms with Gasteiger partial charge >= 0.3 is 0 Å². The predicted octanol–water partition coefficient (Wildman–Crippen LogP) is 1.96. The quantitative estimate of drug-likeness (QED) is 0.876. The zero-order valence-corrected chi connectivity index (χ0v) is 12.0. The fourth-order valence-electron chi connectivity index (χ4n) is 2.43. The van der Waals surface area contributed by atoms with Gasteiger partial charge in [-0.1, -0.05) is 6.42 Å². The molecule has 0 bridgehead atoms. The molecule has 1 aromatic carbocycles. The molecule has 5 nitrogen and oxygen atoms in total. The van der Waals surface area contributed by atoms with Crippen molar-refractivity contribution in [2.45, 2.75) is 25.3 Å². The number of carbonyl (C=O) groups excluding carboxylic acids is 1. The Morgan fingerprint density at radius 1 is 1.20 bits per heavy atom. The second-order valence-corrected chi connectivity index (χ2v) is 4.85. The van der Waals surface area contributed by atoms with E-state index >= 15 is 0 Å². The number of piperidine rings is 1. The Labute approximate surface area is 124 Å². The van der Waals surface area contributed by atoms with Gasteiger partial charge in [-0.3, -0.25) is 4.79 Å². The van der Waals surface area contributed by atoms with Crippen LogP contribution >= 0.6 is 12.4 Å². The normalized spacial score (nSPS) is 20.7. The second kappa shape index (κ2) is 6.81. The molecule has 2 heterocycles. The molecule has 0 aliphatic carbocycles. The summed E-state index contributed by atoms with van der Waals surface area (Å²) in [5.74, 6) is 1.46. The number of nitrogens with one attached hydrogen (secondary N) is 2. The molecular weight excluding hydrogens is 280 g/mol. The minimum Gasteiger partial charge on any atom is -0.486 e. The topological polar surface area (TPSA) is 59.6 Å². The van der Waals surface area contributed by atoms with E-state index in [-0.39, 0.29) is 24.4 Å². The molecule has 0 saturated carbocycles. The summed E-state index contributed by atoms with van der Waals surface area (Å²) in [6.45, 7) is 2.04. The minimum absolute atomic E-state index is 0. The summed E-state index contributed by atoms with van der Waals surface area (Å²) < 4.78 is 10.9. The summed E-state index contributed by atoms with van der Waals surface area (Å²) in [6, 6.07) is 5.41. The fourth-order valence-corrected chi connectivity index (χ4v) is 2.43. The molecule has 2 aliphatic rings. The van der Waals surface area contributed by atoms with Crippen molar-refractivity contribution in [3.8, 4) is 11.5 Å². The van der Waals surface area contributed by atoms with Gasteiger partial charge < -0.3 is 20.1 Å². The van der Waals surface area contributed by atoms with Crippen LogP contribution in [0.15, 0.2) is 18.2 Å². The van der Waals surface area contributed by atoms with E-state index in [9.17, 15) is 4.79 Å². The number of amides is 1. The third-order valence-corrected chi connectivity index (χ3v) is 3.44. The summed E-state index contributed by atoms with van der Waals surface area (Å²) >= 11 is 0. The minimum atomic E-state index is -0.0815. The molecule has 6 heteroatoms. The lowest BCUT2D eigenvalue weighted by molar-refractivity contribution is -0.118. The first-order valence-electron chi connectivity index (χ1n) is 6.77. The van der Waals surface area contributed by atoms with Crippen LogP contribution in [0.2, 0.25) is 0 Å². The van der Waals surface area contributed by atoms with Crippen LogP contribution in [0.3, 0.4) is 0 Å². The van der Waals surface area contributed by atoms with Gasteiger partial charge in [0.05, 0.1) is 6.04 Å². The van der Waals surface area contributed by atoms with E-state index in [0.29, 0.717) is 19.0 Å². The van der Waals surface area contributed by atoms with Gasteiger partial charge in [-0.2, -0.15) is 0 Å². The number of benzene rings is 1. The highest BCUT2D eigenvalue weighted by molar-refractivity contribution is 5.95. The third kappa shape index (κ3) is 3.35. The highest BCUT2D eigenvalue weighted by Gasteiger charge is 2.21. The van der Waals surface area contributed by atoms with Crippen LogP contribution < -0.4 is 20.1 Å². The molecule has 20 heavy (non-hydrogen) atoms. The summed E-state index contributed by atoms with van der Waals surface area (Å²) in [5, 5.41) is 6.16. The van der Waals surface area contributed by atoms with E-state index in [0.717, 1.165) is 37.2 Å². The number of hydrogen-bond donors (Lipinski definition) is 2. The van der Waals surface area contributed by atoms with Crippen molar-refractivity contribution in [1.29, 1.82) is 0 Å². The van der Waals surface area contributed by atoms with Crippen molar-refractivity contribution in [3.05, 3.63) is 18.2 Å². The van der Waals surface area contributed by atoms with Crippen molar-refractivity contribution in [2.24, 2.45) is 0 Å². The van der Waals surface area contributed by atoms with E-state index in [1.807, 2.05) is 18.2 Å². The molecule has 1 aromatic rings. The summed E-state index contributed by atoms with van der Waals surface area (Å²) in [6.07, 6.45) is 3.15. The first-order chi connectivity index (χ1) is 9.33. The fraction of sp³-hybridized carbons (Fsp3) is 0.500. The highest BCUT2D eigenvalue weighted by atomic mass is 35.5. The molecule has 1 unspecified atom stereocenters. The monoisotopic (exact) mass is 298 g/mol. The van der Waals surface area contributed by atoms with Gasteiger partial charge in [-0.15, -0.1) is 12.4 Å². The third-order valence-electron chi connectivity index (χ3n) is 3.44. The summed E-state index contributed by atoms with van der Waals surface area (Å²) in [7, 11) is 0. The average molecular weight is 299 g/mol. The molecule has 0 spiro atoms. The molecule has 0 radical (unpaired) electrons. The lowest BCUT2D eigenvalue weighted by Gasteiger charge is -2.23. The van der Waals surface area contributed by atoms with E-state index in [4.69, 9.17) is 9.47 Å². The number of fused-ring (bicyclic) bond motifs is 1. The van der Waals surface area contributed by atoms with Crippen LogP contribution in [0.1, 0.15) is 19.3 Å². The van der Waals surface area contributed by atoms with Gasteiger partial charge in [0.15, 0.2) is 11.5 Å². The maximum Gasteiger partial charge on any atom is 0.241 e. The Bertz CT molecular complexity index is 475. The standard InChI is InChI=1S/C14H18N2O3.ClH/c17-14(11-3-1-2-6-15-11)16-10-4-5-12-13(9-10)19-8-7-18-12;/h4-5,9,11,15H,1-3,6-8H2,(H,16,17);1H.